The number of thiophene rings is 1. The van der Waals surface area contributed by atoms with Gasteiger partial charge in [0.05, 0.1) is 0 Å². The highest BCUT2D eigenvalue weighted by Crippen LogP contribution is 2.35. The van der Waals surface area contributed by atoms with Crippen molar-refractivity contribution in [3.05, 3.63) is 62.2 Å². The van der Waals surface area contributed by atoms with Gasteiger partial charge in [0, 0.05) is 26.5 Å². The highest BCUT2D eigenvalue weighted by Gasteiger charge is 2.37. The van der Waals surface area contributed by atoms with Crippen LogP contribution in [-0.4, -0.2) is 26.9 Å². The molecule has 0 fully saturated rings. The molecule has 1 N–H and O–H groups in total. The summed E-state index contributed by atoms with van der Waals surface area (Å²) in [6.07, 6.45) is 0. The van der Waals surface area contributed by atoms with Crippen LogP contribution in [0.2, 0.25) is 5.02 Å². The van der Waals surface area contributed by atoms with Gasteiger partial charge in [0.15, 0.2) is 11.7 Å². The number of anilines is 1. The first kappa shape index (κ1) is 21.4. The van der Waals surface area contributed by atoms with Gasteiger partial charge in [-0.05, 0) is 68.4 Å². The lowest BCUT2D eigenvalue weighted by molar-refractivity contribution is -0.123. The van der Waals surface area contributed by atoms with Crippen molar-refractivity contribution in [3.8, 4) is 0 Å². The van der Waals surface area contributed by atoms with Crippen molar-refractivity contribution < 1.29 is 9.59 Å². The number of aryl methyl sites for hydroxylation is 1. The van der Waals surface area contributed by atoms with Gasteiger partial charge in [0.25, 0.3) is 5.91 Å². The van der Waals surface area contributed by atoms with Gasteiger partial charge >= 0.3 is 0 Å². The Morgan fingerprint density at radius 1 is 1.24 bits per heavy atom. The zero-order valence-electron chi connectivity index (χ0n) is 16.5. The topological polar surface area (TPSA) is 75.2 Å². The fourth-order valence-corrected chi connectivity index (χ4v) is 4.26. The van der Waals surface area contributed by atoms with Crippen LogP contribution in [-0.2, 0) is 4.79 Å². The smallest absolute Gasteiger partial charge is 0.280 e. The fourth-order valence-electron chi connectivity index (χ4n) is 2.85. The molecule has 0 aliphatic carbocycles. The van der Waals surface area contributed by atoms with Gasteiger partial charge in [-0.25, -0.2) is 0 Å². The van der Waals surface area contributed by atoms with Crippen molar-refractivity contribution >= 4 is 52.0 Å². The molecule has 6 nitrogen and oxygen atoms in total. The Hall–Kier alpha value is -2.29. The van der Waals surface area contributed by atoms with E-state index in [0.717, 1.165) is 22.0 Å². The molecule has 2 heterocycles. The van der Waals surface area contributed by atoms with Crippen molar-refractivity contribution in [2.45, 2.75) is 39.3 Å². The van der Waals surface area contributed by atoms with E-state index in [0.29, 0.717) is 10.7 Å². The Labute approximate surface area is 182 Å². The number of benzene rings is 1. The van der Waals surface area contributed by atoms with Gasteiger partial charge in [-0.2, -0.15) is 0 Å². The van der Waals surface area contributed by atoms with E-state index >= 15 is 0 Å². The second-order valence-corrected chi connectivity index (χ2v) is 9.58. The van der Waals surface area contributed by atoms with E-state index < -0.39 is 17.5 Å². The molecule has 0 radical (unpaired) electrons. The van der Waals surface area contributed by atoms with Gasteiger partial charge in [0.2, 0.25) is 5.91 Å². The molecule has 1 atom stereocenters. The quantitative estimate of drug-likeness (QED) is 0.604. The summed E-state index contributed by atoms with van der Waals surface area (Å²) in [6, 6.07) is 8.10. The molecule has 0 saturated carbocycles. The average molecular weight is 449 g/mol. The summed E-state index contributed by atoms with van der Waals surface area (Å²) in [5.74, 6) is -0.692. The van der Waals surface area contributed by atoms with Crippen molar-refractivity contribution in [3.63, 3.8) is 0 Å². The highest BCUT2D eigenvalue weighted by molar-refractivity contribution is 7.10. The van der Waals surface area contributed by atoms with E-state index in [1.807, 2.05) is 51.3 Å². The summed E-state index contributed by atoms with van der Waals surface area (Å²) in [5.41, 5.74) is 1.08. The minimum absolute atomic E-state index is 0.180. The molecule has 1 unspecified atom stereocenters. The molecule has 29 heavy (non-hydrogen) atoms. The molecule has 0 bridgehead atoms. The molecule has 2 aromatic heterocycles. The van der Waals surface area contributed by atoms with E-state index in [9.17, 15) is 9.59 Å². The average Bonchev–Trinajstić information content (AvgIpc) is 3.33. The van der Waals surface area contributed by atoms with Crippen LogP contribution in [0.15, 0.2) is 41.1 Å². The van der Waals surface area contributed by atoms with Crippen LogP contribution in [0.25, 0.3) is 0 Å². The van der Waals surface area contributed by atoms with E-state index in [1.54, 1.807) is 17.5 Å². The van der Waals surface area contributed by atoms with Crippen LogP contribution in [0.3, 0.4) is 0 Å². The maximum Gasteiger partial charge on any atom is 0.280 e. The van der Waals surface area contributed by atoms with Crippen molar-refractivity contribution in [2.24, 2.45) is 0 Å². The molecular formula is C20H21ClN4O2S2. The van der Waals surface area contributed by atoms with Crippen LogP contribution in [0, 0.1) is 6.92 Å². The maximum absolute atomic E-state index is 13.5. The number of carbonyl (C=O) groups excluding carboxylic acids is 2. The van der Waals surface area contributed by atoms with Crippen LogP contribution in [0.4, 0.5) is 5.69 Å². The zero-order valence-corrected chi connectivity index (χ0v) is 18.9. The Bertz CT molecular complexity index is 998. The molecule has 2 amide bonds. The highest BCUT2D eigenvalue weighted by atomic mass is 35.5. The summed E-state index contributed by atoms with van der Waals surface area (Å²) in [6.45, 7) is 7.57. The standard InChI is InChI=1S/C20H21ClN4O2S2/c1-12-7-8-13(21)10-15(12)25(19(27)14-11-29-24-23-14)17(16-6-5-9-28-16)18(26)22-20(2,3)4/h5-11,17H,1-4H3,(H,22,26). The number of nitrogens with one attached hydrogen (secondary N) is 1. The molecule has 9 heteroatoms. The molecule has 0 saturated heterocycles. The first-order valence-electron chi connectivity index (χ1n) is 8.89. The monoisotopic (exact) mass is 448 g/mol. The number of hydrogen-bond donors (Lipinski definition) is 1. The van der Waals surface area contributed by atoms with Crippen molar-refractivity contribution in [1.82, 2.24) is 14.9 Å². The largest absolute Gasteiger partial charge is 0.349 e. The third-order valence-corrected chi connectivity index (χ3v) is 5.71. The van der Waals surface area contributed by atoms with E-state index in [-0.39, 0.29) is 11.6 Å². The maximum atomic E-state index is 13.5. The Balaban J connectivity index is 2.19. The molecule has 152 valence electrons. The van der Waals surface area contributed by atoms with Gasteiger partial charge in [-0.3, -0.25) is 14.5 Å². The predicted molar refractivity (Wildman–Crippen MR) is 118 cm³/mol. The molecule has 0 spiro atoms. The summed E-state index contributed by atoms with van der Waals surface area (Å²) >= 11 is 8.74. The van der Waals surface area contributed by atoms with E-state index in [2.05, 4.69) is 14.9 Å². The Morgan fingerprint density at radius 2 is 2.00 bits per heavy atom. The third kappa shape index (κ3) is 5.01. The first-order valence-corrected chi connectivity index (χ1v) is 11.0. The molecule has 0 aliphatic heterocycles. The van der Waals surface area contributed by atoms with Crippen LogP contribution < -0.4 is 10.2 Å². The summed E-state index contributed by atoms with van der Waals surface area (Å²) in [4.78, 5) is 29.1. The van der Waals surface area contributed by atoms with Gasteiger partial charge in [0.1, 0.15) is 0 Å². The fraction of sp³-hybridized carbons (Fsp3) is 0.300. The minimum Gasteiger partial charge on any atom is -0.349 e. The number of carbonyl (C=O) groups is 2. The summed E-state index contributed by atoms with van der Waals surface area (Å²) in [7, 11) is 0. The SMILES string of the molecule is Cc1ccc(Cl)cc1N(C(=O)c1csnn1)C(C(=O)NC(C)(C)C)c1cccs1. The lowest BCUT2D eigenvalue weighted by Gasteiger charge is -2.33. The normalized spacial score (nSPS) is 12.4. The van der Waals surface area contributed by atoms with Gasteiger partial charge in [-0.1, -0.05) is 28.2 Å². The number of hydrogen-bond acceptors (Lipinski definition) is 6. The molecule has 3 rings (SSSR count). The molecule has 3 aromatic rings. The summed E-state index contributed by atoms with van der Waals surface area (Å²) in [5, 5.41) is 10.9. The number of amides is 2. The second-order valence-electron chi connectivity index (χ2n) is 7.55. The Kier molecular flexibility index (Phi) is 6.36. The third-order valence-electron chi connectivity index (χ3n) is 4.05. The summed E-state index contributed by atoms with van der Waals surface area (Å²) < 4.78 is 3.81. The minimum atomic E-state index is -0.874. The van der Waals surface area contributed by atoms with E-state index in [4.69, 9.17) is 11.6 Å². The zero-order chi connectivity index (χ0) is 21.2. The predicted octanol–water partition coefficient (Wildman–Crippen LogP) is 4.86. The van der Waals surface area contributed by atoms with Crippen molar-refractivity contribution in [1.29, 1.82) is 0 Å². The van der Waals surface area contributed by atoms with Crippen molar-refractivity contribution in [2.75, 3.05) is 4.90 Å². The second kappa shape index (κ2) is 8.61. The van der Waals surface area contributed by atoms with Crippen LogP contribution in [0.1, 0.15) is 47.7 Å². The number of nitrogens with zero attached hydrogens (tertiary/aromatic N) is 3. The van der Waals surface area contributed by atoms with E-state index in [1.165, 1.54) is 16.2 Å². The molecular weight excluding hydrogens is 428 g/mol. The van der Waals surface area contributed by atoms with Gasteiger partial charge in [-0.15, -0.1) is 16.4 Å². The first-order chi connectivity index (χ1) is 13.7. The Morgan fingerprint density at radius 3 is 2.59 bits per heavy atom. The van der Waals surface area contributed by atoms with Crippen LogP contribution >= 0.6 is 34.5 Å². The van der Waals surface area contributed by atoms with Gasteiger partial charge < -0.3 is 5.32 Å². The molecule has 0 aliphatic rings. The number of rotatable bonds is 5. The van der Waals surface area contributed by atoms with Crippen LogP contribution in [0.5, 0.6) is 0 Å². The lowest BCUT2D eigenvalue weighted by Crippen LogP contribution is -2.49. The number of halogens is 1. The number of aromatic nitrogens is 2. The molecule has 1 aromatic carbocycles. The lowest BCUT2D eigenvalue weighted by atomic mass is 10.0.